The molecular formula is C18H25N5O3S. The molecule has 2 atom stereocenters. The van der Waals surface area contributed by atoms with E-state index in [4.69, 9.17) is 4.74 Å². The molecule has 1 aliphatic heterocycles. The van der Waals surface area contributed by atoms with E-state index in [1.54, 1.807) is 13.8 Å². The maximum absolute atomic E-state index is 12.3. The quantitative estimate of drug-likeness (QED) is 0.804. The second-order valence-electron chi connectivity index (χ2n) is 7.04. The van der Waals surface area contributed by atoms with Gasteiger partial charge >= 0.3 is 0 Å². The van der Waals surface area contributed by atoms with Gasteiger partial charge in [-0.1, -0.05) is 0 Å². The molecule has 2 aromatic rings. The van der Waals surface area contributed by atoms with Crippen LogP contribution >= 0.6 is 11.3 Å². The Balaban J connectivity index is 1.59. The highest BCUT2D eigenvalue weighted by atomic mass is 32.1. The molecule has 3 rings (SSSR count). The number of rotatable bonds is 5. The van der Waals surface area contributed by atoms with Gasteiger partial charge in [0.2, 0.25) is 5.91 Å². The van der Waals surface area contributed by atoms with Gasteiger partial charge in [0.05, 0.1) is 24.3 Å². The predicted molar refractivity (Wildman–Crippen MR) is 104 cm³/mol. The zero-order valence-corrected chi connectivity index (χ0v) is 16.9. The zero-order chi connectivity index (χ0) is 19.6. The highest BCUT2D eigenvalue weighted by Crippen LogP contribution is 2.19. The Bertz CT molecular complexity index is 868. The Morgan fingerprint density at radius 3 is 2.70 bits per heavy atom. The fourth-order valence-corrected chi connectivity index (χ4v) is 4.08. The van der Waals surface area contributed by atoms with E-state index in [1.807, 2.05) is 5.38 Å². The van der Waals surface area contributed by atoms with E-state index in [-0.39, 0.29) is 30.1 Å². The van der Waals surface area contributed by atoms with Crippen LogP contribution in [0.3, 0.4) is 0 Å². The Labute approximate surface area is 162 Å². The van der Waals surface area contributed by atoms with Gasteiger partial charge in [0.25, 0.3) is 5.56 Å². The number of nitrogens with zero attached hydrogens (tertiary/aromatic N) is 3. The minimum absolute atomic E-state index is 0.0259. The lowest BCUT2D eigenvalue weighted by Crippen LogP contribution is -2.44. The van der Waals surface area contributed by atoms with Gasteiger partial charge < -0.3 is 15.0 Å². The Morgan fingerprint density at radius 2 is 2.04 bits per heavy atom. The number of hydrogen-bond acceptors (Lipinski definition) is 7. The SMILES string of the molecule is Cc1nc(C)c(CC(=O)Nc2nc(CN3C[C@@H](C)O[C@H](C)C3)cs2)c(=O)[nH]1. The highest BCUT2D eigenvalue weighted by molar-refractivity contribution is 7.13. The molecule has 0 spiro atoms. The van der Waals surface area contributed by atoms with E-state index in [1.165, 1.54) is 11.3 Å². The van der Waals surface area contributed by atoms with Crippen molar-refractivity contribution in [2.75, 3.05) is 18.4 Å². The van der Waals surface area contributed by atoms with Crippen molar-refractivity contribution in [2.45, 2.75) is 52.9 Å². The topological polar surface area (TPSA) is 100 Å². The minimum atomic E-state index is -0.274. The number of aryl methyl sites for hydroxylation is 2. The molecule has 2 aromatic heterocycles. The summed E-state index contributed by atoms with van der Waals surface area (Å²) in [5, 5.41) is 5.27. The summed E-state index contributed by atoms with van der Waals surface area (Å²) >= 11 is 1.39. The first-order valence-corrected chi connectivity index (χ1v) is 9.86. The summed E-state index contributed by atoms with van der Waals surface area (Å²) in [6, 6.07) is 0. The lowest BCUT2D eigenvalue weighted by Gasteiger charge is -2.34. The second kappa shape index (κ2) is 8.28. The third-order valence-electron chi connectivity index (χ3n) is 4.36. The molecule has 0 bridgehead atoms. The van der Waals surface area contributed by atoms with Crippen LogP contribution in [0.4, 0.5) is 5.13 Å². The fraction of sp³-hybridized carbons (Fsp3) is 0.556. The minimum Gasteiger partial charge on any atom is -0.373 e. The molecule has 2 N–H and O–H groups in total. The highest BCUT2D eigenvalue weighted by Gasteiger charge is 2.23. The van der Waals surface area contributed by atoms with Crippen LogP contribution in [0.1, 0.15) is 36.6 Å². The lowest BCUT2D eigenvalue weighted by atomic mass is 10.1. The van der Waals surface area contributed by atoms with E-state index >= 15 is 0 Å². The normalized spacial score (nSPS) is 20.6. The summed E-state index contributed by atoms with van der Waals surface area (Å²) in [4.78, 5) is 38.0. The molecular weight excluding hydrogens is 366 g/mol. The largest absolute Gasteiger partial charge is 0.373 e. The maximum atomic E-state index is 12.3. The van der Waals surface area contributed by atoms with Crippen molar-refractivity contribution >= 4 is 22.4 Å². The van der Waals surface area contributed by atoms with Gasteiger partial charge in [-0.05, 0) is 27.7 Å². The summed E-state index contributed by atoms with van der Waals surface area (Å²) in [6.45, 7) is 10.0. The summed E-state index contributed by atoms with van der Waals surface area (Å²) in [6.07, 6.45) is 0.383. The van der Waals surface area contributed by atoms with Crippen molar-refractivity contribution in [3.05, 3.63) is 38.5 Å². The summed E-state index contributed by atoms with van der Waals surface area (Å²) in [5.41, 5.74) is 1.60. The van der Waals surface area contributed by atoms with E-state index in [0.717, 1.165) is 25.3 Å². The molecule has 27 heavy (non-hydrogen) atoms. The van der Waals surface area contributed by atoms with Gasteiger partial charge in [0.15, 0.2) is 5.13 Å². The van der Waals surface area contributed by atoms with E-state index < -0.39 is 0 Å². The van der Waals surface area contributed by atoms with Crippen LogP contribution in [0.2, 0.25) is 0 Å². The van der Waals surface area contributed by atoms with E-state index in [0.29, 0.717) is 22.2 Å². The first kappa shape index (κ1) is 19.7. The van der Waals surface area contributed by atoms with E-state index in [9.17, 15) is 9.59 Å². The Hall–Kier alpha value is -2.10. The second-order valence-corrected chi connectivity index (χ2v) is 7.89. The average Bonchev–Trinajstić information content (AvgIpc) is 2.96. The Kier molecular flexibility index (Phi) is 6.03. The molecule has 0 radical (unpaired) electrons. The molecule has 0 aromatic carbocycles. The standard InChI is InChI=1S/C18H25N5O3S/c1-10-6-23(7-11(2)26-10)8-14-9-27-18(21-14)22-16(24)5-15-12(3)19-13(4)20-17(15)25/h9-11H,5-8H2,1-4H3,(H,19,20,25)(H,21,22,24)/t10-,11-/m1/s1. The molecule has 3 heterocycles. The van der Waals surface area contributed by atoms with Gasteiger partial charge in [-0.15, -0.1) is 11.3 Å². The Morgan fingerprint density at radius 1 is 1.33 bits per heavy atom. The van der Waals surface area contributed by atoms with Crippen molar-refractivity contribution in [3.63, 3.8) is 0 Å². The average molecular weight is 391 g/mol. The first-order chi connectivity index (χ1) is 12.8. The number of thiazole rings is 1. The number of ether oxygens (including phenoxy) is 1. The van der Waals surface area contributed by atoms with Crippen molar-refractivity contribution in [1.29, 1.82) is 0 Å². The number of aromatic amines is 1. The molecule has 1 amide bonds. The molecule has 1 saturated heterocycles. The van der Waals surface area contributed by atoms with Crippen molar-refractivity contribution in [3.8, 4) is 0 Å². The fourth-order valence-electron chi connectivity index (χ4n) is 3.36. The van der Waals surface area contributed by atoms with Crippen LogP contribution in [-0.2, 0) is 22.5 Å². The molecule has 0 saturated carbocycles. The number of carbonyl (C=O) groups is 1. The third-order valence-corrected chi connectivity index (χ3v) is 5.16. The molecule has 0 unspecified atom stereocenters. The summed E-state index contributed by atoms with van der Waals surface area (Å²) < 4.78 is 5.75. The molecule has 1 aliphatic rings. The van der Waals surface area contributed by atoms with Crippen LogP contribution in [0, 0.1) is 13.8 Å². The maximum Gasteiger partial charge on any atom is 0.254 e. The molecule has 0 aliphatic carbocycles. The van der Waals surface area contributed by atoms with Crippen molar-refractivity contribution in [1.82, 2.24) is 19.9 Å². The lowest BCUT2D eigenvalue weighted by molar-refractivity contribution is -0.115. The van der Waals surface area contributed by atoms with Gasteiger partial charge in [0.1, 0.15) is 5.82 Å². The number of H-pyrrole nitrogens is 1. The number of hydrogen-bond donors (Lipinski definition) is 2. The first-order valence-electron chi connectivity index (χ1n) is 8.98. The smallest absolute Gasteiger partial charge is 0.254 e. The van der Waals surface area contributed by atoms with Crippen LogP contribution in [0.5, 0.6) is 0 Å². The van der Waals surface area contributed by atoms with Gasteiger partial charge in [-0.3, -0.25) is 14.5 Å². The van der Waals surface area contributed by atoms with Crippen LogP contribution in [0.25, 0.3) is 0 Å². The van der Waals surface area contributed by atoms with Gasteiger partial charge in [0, 0.05) is 36.3 Å². The zero-order valence-electron chi connectivity index (χ0n) is 16.0. The van der Waals surface area contributed by atoms with Gasteiger partial charge in [-0.2, -0.15) is 0 Å². The molecule has 9 heteroatoms. The van der Waals surface area contributed by atoms with Crippen LogP contribution in [-0.4, -0.2) is 51.1 Å². The summed E-state index contributed by atoms with van der Waals surface area (Å²) in [7, 11) is 0. The van der Waals surface area contributed by atoms with E-state index in [2.05, 4.69) is 39.0 Å². The number of anilines is 1. The molecule has 8 nitrogen and oxygen atoms in total. The predicted octanol–water partition coefficient (Wildman–Crippen LogP) is 1.63. The monoisotopic (exact) mass is 391 g/mol. The van der Waals surface area contributed by atoms with Crippen molar-refractivity contribution in [2.24, 2.45) is 0 Å². The van der Waals surface area contributed by atoms with Crippen LogP contribution in [0.15, 0.2) is 10.2 Å². The third kappa shape index (κ3) is 5.21. The number of aromatic nitrogens is 3. The van der Waals surface area contributed by atoms with Crippen molar-refractivity contribution < 1.29 is 9.53 Å². The van der Waals surface area contributed by atoms with Gasteiger partial charge in [-0.25, -0.2) is 9.97 Å². The molecule has 1 fully saturated rings. The number of amides is 1. The number of carbonyl (C=O) groups excluding carboxylic acids is 1. The summed E-state index contributed by atoms with van der Waals surface area (Å²) in [5.74, 6) is 0.266. The number of morpholine rings is 1. The molecule has 146 valence electrons. The van der Waals surface area contributed by atoms with Crippen LogP contribution < -0.4 is 10.9 Å². The number of nitrogens with one attached hydrogen (secondary N) is 2.